The van der Waals surface area contributed by atoms with Gasteiger partial charge in [0.05, 0.1) is 26.4 Å². The average molecular weight is 244 g/mol. The van der Waals surface area contributed by atoms with Crippen LogP contribution in [0.15, 0.2) is 0 Å². The zero-order chi connectivity index (χ0) is 12.7. The molecule has 1 aliphatic heterocycles. The van der Waals surface area contributed by atoms with Crippen LogP contribution in [0.3, 0.4) is 0 Å². The van der Waals surface area contributed by atoms with Crippen molar-refractivity contribution in [1.29, 1.82) is 0 Å². The normalized spacial score (nSPS) is 21.3. The van der Waals surface area contributed by atoms with Crippen molar-refractivity contribution in [2.45, 2.75) is 19.4 Å². The summed E-state index contributed by atoms with van der Waals surface area (Å²) in [4.78, 5) is 24.7. The van der Waals surface area contributed by atoms with Gasteiger partial charge in [-0.25, -0.2) is 0 Å². The van der Waals surface area contributed by atoms with Crippen molar-refractivity contribution in [1.82, 2.24) is 10.2 Å². The van der Waals surface area contributed by atoms with Crippen LogP contribution < -0.4 is 5.32 Å². The maximum atomic E-state index is 11.7. The number of amides is 2. The van der Waals surface area contributed by atoms with Gasteiger partial charge in [0.2, 0.25) is 11.8 Å². The highest BCUT2D eigenvalue weighted by molar-refractivity contribution is 5.87. The first-order valence-electron chi connectivity index (χ1n) is 5.78. The average Bonchev–Trinajstić information content (AvgIpc) is 2.41. The molecule has 2 amide bonds. The van der Waals surface area contributed by atoms with E-state index >= 15 is 0 Å². The largest absolute Gasteiger partial charge is 0.382 e. The van der Waals surface area contributed by atoms with E-state index in [4.69, 9.17) is 9.47 Å². The minimum absolute atomic E-state index is 0.0568. The number of nitrogens with zero attached hydrogens (tertiary/aromatic N) is 1. The number of carbonyl (C=O) groups is 2. The van der Waals surface area contributed by atoms with Crippen LogP contribution in [0.1, 0.15) is 13.3 Å². The van der Waals surface area contributed by atoms with Gasteiger partial charge in [-0.05, 0) is 6.92 Å². The van der Waals surface area contributed by atoms with Crippen LogP contribution in [0.25, 0.3) is 0 Å². The number of nitrogens with one attached hydrogen (secondary N) is 1. The number of carbonyl (C=O) groups excluding carboxylic acids is 2. The summed E-state index contributed by atoms with van der Waals surface area (Å²) in [5.74, 6) is -0.132. The summed E-state index contributed by atoms with van der Waals surface area (Å²) in [5, 5.41) is 2.57. The number of ether oxygens (including phenoxy) is 2. The summed E-state index contributed by atoms with van der Waals surface area (Å²) in [6.07, 6.45) is 0.351. The fourth-order valence-electron chi connectivity index (χ4n) is 1.72. The molecule has 6 nitrogen and oxygen atoms in total. The summed E-state index contributed by atoms with van der Waals surface area (Å²) < 4.78 is 10.2. The predicted octanol–water partition coefficient (Wildman–Crippen LogP) is -0.614. The third-order valence-electron chi connectivity index (χ3n) is 2.68. The minimum Gasteiger partial charge on any atom is -0.382 e. The van der Waals surface area contributed by atoms with Gasteiger partial charge in [-0.15, -0.1) is 0 Å². The van der Waals surface area contributed by atoms with E-state index in [1.54, 1.807) is 12.0 Å². The highest BCUT2D eigenvalue weighted by Gasteiger charge is 2.25. The van der Waals surface area contributed by atoms with Crippen molar-refractivity contribution in [2.24, 2.45) is 0 Å². The lowest BCUT2D eigenvalue weighted by Gasteiger charge is -2.26. The van der Waals surface area contributed by atoms with Gasteiger partial charge in [0.15, 0.2) is 0 Å². The molecule has 0 spiro atoms. The third kappa shape index (κ3) is 4.70. The van der Waals surface area contributed by atoms with E-state index in [-0.39, 0.29) is 24.4 Å². The van der Waals surface area contributed by atoms with Crippen molar-refractivity contribution >= 4 is 11.8 Å². The molecule has 1 fully saturated rings. The van der Waals surface area contributed by atoms with E-state index < -0.39 is 0 Å². The first-order valence-corrected chi connectivity index (χ1v) is 5.78. The number of rotatable bonds is 6. The zero-order valence-electron chi connectivity index (χ0n) is 10.4. The highest BCUT2D eigenvalue weighted by atomic mass is 16.5. The Morgan fingerprint density at radius 3 is 2.82 bits per heavy atom. The molecule has 0 aromatic carbocycles. The highest BCUT2D eigenvalue weighted by Crippen LogP contribution is 2.07. The van der Waals surface area contributed by atoms with Crippen LogP contribution in [0.4, 0.5) is 0 Å². The standard InChI is InChI=1S/C11H20N2O4/c1-9-7-10(14)12-8-11(15)13(9)3-4-17-6-5-16-2/h9H,3-8H2,1-2H3,(H,12,14). The van der Waals surface area contributed by atoms with Crippen LogP contribution in [0.2, 0.25) is 0 Å². The lowest BCUT2D eigenvalue weighted by molar-refractivity contribution is -0.132. The molecule has 1 atom stereocenters. The van der Waals surface area contributed by atoms with Gasteiger partial charge in [-0.2, -0.15) is 0 Å². The fraction of sp³-hybridized carbons (Fsp3) is 0.818. The summed E-state index contributed by atoms with van der Waals surface area (Å²) in [5.41, 5.74) is 0. The topological polar surface area (TPSA) is 67.9 Å². The monoisotopic (exact) mass is 244 g/mol. The molecule has 0 radical (unpaired) electrons. The Kier molecular flexibility index (Phi) is 5.93. The Labute approximate surface area is 101 Å². The summed E-state index contributed by atoms with van der Waals surface area (Å²) in [6.45, 7) is 4.00. The van der Waals surface area contributed by atoms with Crippen LogP contribution in [0.5, 0.6) is 0 Å². The molecule has 0 saturated carbocycles. The van der Waals surface area contributed by atoms with E-state index in [0.29, 0.717) is 32.8 Å². The van der Waals surface area contributed by atoms with Gasteiger partial charge in [-0.3, -0.25) is 9.59 Å². The van der Waals surface area contributed by atoms with Crippen molar-refractivity contribution < 1.29 is 19.1 Å². The summed E-state index contributed by atoms with van der Waals surface area (Å²) in [6, 6.07) is -0.0731. The first kappa shape index (κ1) is 13.9. The second kappa shape index (κ2) is 7.24. The van der Waals surface area contributed by atoms with Gasteiger partial charge in [0.1, 0.15) is 0 Å². The van der Waals surface area contributed by atoms with Crippen LogP contribution in [-0.4, -0.2) is 62.8 Å². The summed E-state index contributed by atoms with van der Waals surface area (Å²) in [7, 11) is 1.61. The lowest BCUT2D eigenvalue weighted by atomic mass is 10.2. The SMILES string of the molecule is COCCOCCN1C(=O)CNC(=O)CC1C. The molecular weight excluding hydrogens is 224 g/mol. The molecule has 1 N–H and O–H groups in total. The zero-order valence-corrected chi connectivity index (χ0v) is 10.4. The van der Waals surface area contributed by atoms with Gasteiger partial charge in [0.25, 0.3) is 0 Å². The maximum absolute atomic E-state index is 11.7. The van der Waals surface area contributed by atoms with Crippen molar-refractivity contribution in [3.8, 4) is 0 Å². The molecule has 0 aromatic heterocycles. The van der Waals surface area contributed by atoms with Gasteiger partial charge in [-0.1, -0.05) is 0 Å². The van der Waals surface area contributed by atoms with Crippen molar-refractivity contribution in [3.63, 3.8) is 0 Å². The molecule has 98 valence electrons. The molecule has 0 aliphatic carbocycles. The molecule has 1 unspecified atom stereocenters. The molecule has 1 aliphatic rings. The molecule has 1 heterocycles. The van der Waals surface area contributed by atoms with Gasteiger partial charge < -0.3 is 19.7 Å². The maximum Gasteiger partial charge on any atom is 0.242 e. The Balaban J connectivity index is 2.33. The Morgan fingerprint density at radius 2 is 2.12 bits per heavy atom. The Bertz CT molecular complexity index is 270. The van der Waals surface area contributed by atoms with E-state index in [1.807, 2.05) is 6.92 Å². The van der Waals surface area contributed by atoms with Crippen LogP contribution in [-0.2, 0) is 19.1 Å². The fourth-order valence-corrected chi connectivity index (χ4v) is 1.72. The van der Waals surface area contributed by atoms with Gasteiger partial charge in [0, 0.05) is 26.1 Å². The second-order valence-electron chi connectivity index (χ2n) is 4.02. The van der Waals surface area contributed by atoms with Crippen molar-refractivity contribution in [2.75, 3.05) is 40.0 Å². The first-order chi connectivity index (χ1) is 8.15. The van der Waals surface area contributed by atoms with E-state index in [2.05, 4.69) is 5.32 Å². The Hall–Kier alpha value is -1.14. The predicted molar refractivity (Wildman–Crippen MR) is 61.5 cm³/mol. The molecular formula is C11H20N2O4. The third-order valence-corrected chi connectivity index (χ3v) is 2.68. The van der Waals surface area contributed by atoms with Gasteiger partial charge >= 0.3 is 0 Å². The lowest BCUT2D eigenvalue weighted by Crippen LogP contribution is -2.41. The molecule has 0 bridgehead atoms. The summed E-state index contributed by atoms with van der Waals surface area (Å²) >= 11 is 0. The molecule has 1 rings (SSSR count). The quantitative estimate of drug-likeness (QED) is 0.633. The second-order valence-corrected chi connectivity index (χ2v) is 4.02. The van der Waals surface area contributed by atoms with E-state index in [9.17, 15) is 9.59 Å². The molecule has 1 saturated heterocycles. The molecule has 6 heteroatoms. The molecule has 0 aromatic rings. The minimum atomic E-state index is -0.0753. The number of hydrogen-bond donors (Lipinski definition) is 1. The smallest absolute Gasteiger partial charge is 0.242 e. The van der Waals surface area contributed by atoms with Crippen molar-refractivity contribution in [3.05, 3.63) is 0 Å². The van der Waals surface area contributed by atoms with Crippen LogP contribution >= 0.6 is 0 Å². The van der Waals surface area contributed by atoms with Crippen LogP contribution in [0, 0.1) is 0 Å². The Morgan fingerprint density at radius 1 is 1.35 bits per heavy atom. The molecule has 17 heavy (non-hydrogen) atoms. The van der Waals surface area contributed by atoms with E-state index in [0.717, 1.165) is 0 Å². The van der Waals surface area contributed by atoms with E-state index in [1.165, 1.54) is 0 Å². The number of methoxy groups -OCH3 is 1. The number of hydrogen-bond acceptors (Lipinski definition) is 4.